The van der Waals surface area contributed by atoms with Crippen molar-refractivity contribution in [1.29, 1.82) is 0 Å². The molecule has 2 rings (SSSR count). The van der Waals surface area contributed by atoms with E-state index in [1.54, 1.807) is 0 Å². The quantitative estimate of drug-likeness (QED) is 0.877. The number of nitrogens with zero attached hydrogens (tertiary/aromatic N) is 1. The van der Waals surface area contributed by atoms with Crippen molar-refractivity contribution in [1.82, 2.24) is 10.3 Å². The summed E-state index contributed by atoms with van der Waals surface area (Å²) in [5.74, 6) is 0.956. The van der Waals surface area contributed by atoms with Crippen LogP contribution in [-0.2, 0) is 13.1 Å². The molecule has 0 saturated carbocycles. The molecule has 0 spiro atoms. The third kappa shape index (κ3) is 3.05. The first-order chi connectivity index (χ1) is 7.75. The van der Waals surface area contributed by atoms with Crippen LogP contribution in [0.2, 0.25) is 0 Å². The second kappa shape index (κ2) is 5.45. The fourth-order valence-corrected chi connectivity index (χ4v) is 1.92. The number of pyridine rings is 1. The molecule has 0 amide bonds. The van der Waals surface area contributed by atoms with E-state index in [1.165, 1.54) is 5.56 Å². The molecule has 0 saturated heterocycles. The molecular formula is C12H13IN2O. The fraction of sp³-hybridized carbons (Fsp3) is 0.250. The molecule has 0 radical (unpaired) electrons. The lowest BCUT2D eigenvalue weighted by molar-refractivity contribution is 0.462. The Balaban J connectivity index is 1.87. The van der Waals surface area contributed by atoms with Gasteiger partial charge in [0.2, 0.25) is 0 Å². The van der Waals surface area contributed by atoms with Crippen molar-refractivity contribution < 1.29 is 4.42 Å². The van der Waals surface area contributed by atoms with Crippen molar-refractivity contribution in [2.24, 2.45) is 0 Å². The Kier molecular flexibility index (Phi) is 3.95. The minimum atomic E-state index is 0.735. The Morgan fingerprint density at radius 1 is 1.31 bits per heavy atom. The first-order valence-electron chi connectivity index (χ1n) is 5.11. The van der Waals surface area contributed by atoms with Crippen LogP contribution in [0.1, 0.15) is 17.0 Å². The second-order valence-electron chi connectivity index (χ2n) is 3.58. The average Bonchev–Trinajstić information content (AvgIpc) is 2.67. The molecule has 0 aliphatic carbocycles. The van der Waals surface area contributed by atoms with Gasteiger partial charge in [0.05, 0.1) is 12.2 Å². The van der Waals surface area contributed by atoms with E-state index in [1.807, 2.05) is 24.4 Å². The van der Waals surface area contributed by atoms with Gasteiger partial charge in [-0.05, 0) is 53.3 Å². The van der Waals surface area contributed by atoms with Gasteiger partial charge in [0, 0.05) is 12.7 Å². The average molecular weight is 328 g/mol. The van der Waals surface area contributed by atoms with Crippen LogP contribution < -0.4 is 5.32 Å². The van der Waals surface area contributed by atoms with Crippen molar-refractivity contribution >= 4 is 22.6 Å². The summed E-state index contributed by atoms with van der Waals surface area (Å²) in [5, 5.41) is 3.31. The van der Waals surface area contributed by atoms with Gasteiger partial charge in [-0.25, -0.2) is 0 Å². The van der Waals surface area contributed by atoms with E-state index < -0.39 is 0 Å². The van der Waals surface area contributed by atoms with Crippen LogP contribution in [0.15, 0.2) is 34.9 Å². The minimum Gasteiger partial charge on any atom is -0.454 e. The van der Waals surface area contributed by atoms with E-state index in [4.69, 9.17) is 4.42 Å². The smallest absolute Gasteiger partial charge is 0.164 e. The standard InChI is InChI=1S/C12H13IN2O/c1-9-3-2-6-15-11(9)8-14-7-10-4-5-12(13)16-10/h2-6,14H,7-8H2,1H3. The molecule has 0 bridgehead atoms. The van der Waals surface area contributed by atoms with Gasteiger partial charge < -0.3 is 9.73 Å². The summed E-state index contributed by atoms with van der Waals surface area (Å²) in [6, 6.07) is 7.97. The third-order valence-electron chi connectivity index (χ3n) is 2.34. The zero-order valence-electron chi connectivity index (χ0n) is 9.03. The van der Waals surface area contributed by atoms with Crippen molar-refractivity contribution in [2.45, 2.75) is 20.0 Å². The monoisotopic (exact) mass is 328 g/mol. The van der Waals surface area contributed by atoms with E-state index in [-0.39, 0.29) is 0 Å². The van der Waals surface area contributed by atoms with E-state index in [2.05, 4.69) is 45.9 Å². The number of hydrogen-bond acceptors (Lipinski definition) is 3. The molecule has 2 aromatic rings. The molecule has 0 aliphatic heterocycles. The summed E-state index contributed by atoms with van der Waals surface area (Å²) < 4.78 is 6.38. The molecule has 1 N–H and O–H groups in total. The summed E-state index contributed by atoms with van der Waals surface area (Å²) in [5.41, 5.74) is 2.30. The summed E-state index contributed by atoms with van der Waals surface area (Å²) in [6.07, 6.45) is 1.82. The Morgan fingerprint density at radius 3 is 2.88 bits per heavy atom. The van der Waals surface area contributed by atoms with Crippen molar-refractivity contribution in [3.05, 3.63) is 51.2 Å². The number of rotatable bonds is 4. The molecule has 0 aliphatic rings. The molecule has 2 heterocycles. The summed E-state index contributed by atoms with van der Waals surface area (Å²) in [6.45, 7) is 3.57. The van der Waals surface area contributed by atoms with Gasteiger partial charge in [-0.2, -0.15) is 0 Å². The van der Waals surface area contributed by atoms with Gasteiger partial charge in [-0.15, -0.1) is 0 Å². The van der Waals surface area contributed by atoms with Gasteiger partial charge in [-0.1, -0.05) is 6.07 Å². The summed E-state index contributed by atoms with van der Waals surface area (Å²) in [7, 11) is 0. The first kappa shape index (κ1) is 11.6. The van der Waals surface area contributed by atoms with Crippen LogP contribution >= 0.6 is 22.6 Å². The minimum absolute atomic E-state index is 0.735. The molecule has 4 heteroatoms. The molecule has 16 heavy (non-hydrogen) atoms. The molecule has 0 atom stereocenters. The lowest BCUT2D eigenvalue weighted by Gasteiger charge is -2.04. The van der Waals surface area contributed by atoms with E-state index >= 15 is 0 Å². The largest absolute Gasteiger partial charge is 0.454 e. The molecule has 3 nitrogen and oxygen atoms in total. The van der Waals surface area contributed by atoms with Crippen LogP contribution in [0.5, 0.6) is 0 Å². The van der Waals surface area contributed by atoms with Crippen LogP contribution in [0.25, 0.3) is 0 Å². The third-order valence-corrected chi connectivity index (χ3v) is 2.92. The van der Waals surface area contributed by atoms with E-state index in [0.717, 1.165) is 28.3 Å². The Labute approximate surface area is 108 Å². The highest BCUT2D eigenvalue weighted by Crippen LogP contribution is 2.10. The number of hydrogen-bond donors (Lipinski definition) is 1. The highest BCUT2D eigenvalue weighted by Gasteiger charge is 2.01. The molecule has 0 aromatic carbocycles. The number of furan rings is 1. The van der Waals surface area contributed by atoms with Gasteiger partial charge in [0.1, 0.15) is 5.76 Å². The molecular weight excluding hydrogens is 315 g/mol. The molecule has 84 valence electrons. The number of nitrogens with one attached hydrogen (secondary N) is 1. The summed E-state index contributed by atoms with van der Waals surface area (Å²) in [4.78, 5) is 4.32. The van der Waals surface area contributed by atoms with E-state index in [9.17, 15) is 0 Å². The topological polar surface area (TPSA) is 38.1 Å². The Hall–Kier alpha value is -0.880. The van der Waals surface area contributed by atoms with Gasteiger partial charge >= 0.3 is 0 Å². The highest BCUT2D eigenvalue weighted by atomic mass is 127. The summed E-state index contributed by atoms with van der Waals surface area (Å²) >= 11 is 2.16. The second-order valence-corrected chi connectivity index (χ2v) is 4.64. The number of halogens is 1. The normalized spacial score (nSPS) is 10.6. The van der Waals surface area contributed by atoms with Crippen LogP contribution in [0, 0.1) is 10.7 Å². The van der Waals surface area contributed by atoms with E-state index in [0.29, 0.717) is 0 Å². The van der Waals surface area contributed by atoms with Crippen LogP contribution in [0.4, 0.5) is 0 Å². The lowest BCUT2D eigenvalue weighted by atomic mass is 10.2. The van der Waals surface area contributed by atoms with Crippen LogP contribution in [-0.4, -0.2) is 4.98 Å². The lowest BCUT2D eigenvalue weighted by Crippen LogP contribution is -2.14. The predicted molar refractivity (Wildman–Crippen MR) is 70.9 cm³/mol. The maximum atomic E-state index is 5.46. The zero-order chi connectivity index (χ0) is 11.4. The van der Waals surface area contributed by atoms with Gasteiger partial charge in [-0.3, -0.25) is 4.98 Å². The highest BCUT2D eigenvalue weighted by molar-refractivity contribution is 14.1. The maximum Gasteiger partial charge on any atom is 0.164 e. The zero-order valence-corrected chi connectivity index (χ0v) is 11.2. The molecule has 0 fully saturated rings. The molecule has 0 unspecified atom stereocenters. The van der Waals surface area contributed by atoms with Gasteiger partial charge in [0.25, 0.3) is 0 Å². The van der Waals surface area contributed by atoms with Crippen LogP contribution in [0.3, 0.4) is 0 Å². The van der Waals surface area contributed by atoms with Crippen molar-refractivity contribution in [2.75, 3.05) is 0 Å². The van der Waals surface area contributed by atoms with Crippen molar-refractivity contribution in [3.63, 3.8) is 0 Å². The maximum absolute atomic E-state index is 5.46. The predicted octanol–water partition coefficient (Wildman–Crippen LogP) is 2.88. The van der Waals surface area contributed by atoms with Crippen molar-refractivity contribution in [3.8, 4) is 0 Å². The first-order valence-corrected chi connectivity index (χ1v) is 6.19. The Bertz CT molecular complexity index is 468. The van der Waals surface area contributed by atoms with Gasteiger partial charge in [0.15, 0.2) is 3.77 Å². The Morgan fingerprint density at radius 2 is 2.19 bits per heavy atom. The molecule has 2 aromatic heterocycles. The number of aryl methyl sites for hydroxylation is 1. The SMILES string of the molecule is Cc1cccnc1CNCc1ccc(I)o1. The fourth-order valence-electron chi connectivity index (χ4n) is 1.45. The number of aromatic nitrogens is 1.